The number of benzene rings is 1. The number of rotatable bonds is 6. The van der Waals surface area contributed by atoms with E-state index in [2.05, 4.69) is 68.0 Å². The molecule has 132 valence electrons. The highest BCUT2D eigenvalue weighted by Gasteiger charge is 1.89. The van der Waals surface area contributed by atoms with Gasteiger partial charge in [0.2, 0.25) is 0 Å². The maximum Gasteiger partial charge on any atom is 0.0178 e. The Labute approximate surface area is 154 Å². The highest BCUT2D eigenvalue weighted by Crippen LogP contribution is 2.08. The molecular formula is C24H31N. The predicted molar refractivity (Wildman–Crippen MR) is 116 cm³/mol. The van der Waals surface area contributed by atoms with Crippen molar-refractivity contribution >= 4 is 6.08 Å². The van der Waals surface area contributed by atoms with Gasteiger partial charge in [0.05, 0.1) is 0 Å². The average molecular weight is 334 g/mol. The van der Waals surface area contributed by atoms with E-state index in [9.17, 15) is 0 Å². The maximum absolute atomic E-state index is 5.55. The van der Waals surface area contributed by atoms with E-state index in [1.807, 2.05) is 51.2 Å². The predicted octanol–water partition coefficient (Wildman–Crippen LogP) is 6.24. The molecule has 0 aliphatic heterocycles. The smallest absolute Gasteiger partial charge is 0.0178 e. The van der Waals surface area contributed by atoms with Crippen molar-refractivity contribution in [1.82, 2.24) is 0 Å². The molecule has 0 spiro atoms. The molecule has 1 heteroatoms. The number of hydrogen-bond acceptors (Lipinski definition) is 1. The molecule has 0 aromatic heterocycles. The Morgan fingerprint density at radius 3 is 2.04 bits per heavy atom. The van der Waals surface area contributed by atoms with Crippen LogP contribution in [0.3, 0.4) is 0 Å². The molecule has 0 saturated carbocycles. The third-order valence-electron chi connectivity index (χ3n) is 2.93. The summed E-state index contributed by atoms with van der Waals surface area (Å²) in [5.74, 6) is 0. The molecule has 1 nitrogen and oxygen atoms in total. The van der Waals surface area contributed by atoms with Crippen molar-refractivity contribution in [2.45, 2.75) is 27.3 Å². The van der Waals surface area contributed by atoms with Crippen LogP contribution < -0.4 is 5.73 Å². The normalized spacial score (nSPS) is 11.4. The standard InChI is InChI=1S/C15H19N.C7H10.C2H2/c1-3-5-13(4-2)6-7-14-8-10-15(12-16)11-9-14;1-3-5-7-6-4-2;1-2/h3-11H,12,16H2,1-2H3;3-7H,1H2,2H3;1-2H/b5-3-,7-6-,13-4+;6-4-,7-5+;. The zero-order chi connectivity index (χ0) is 19.3. The van der Waals surface area contributed by atoms with E-state index in [-0.39, 0.29) is 0 Å². The van der Waals surface area contributed by atoms with E-state index >= 15 is 0 Å². The Balaban J connectivity index is 0. The van der Waals surface area contributed by atoms with Crippen LogP contribution in [0.1, 0.15) is 31.9 Å². The summed E-state index contributed by atoms with van der Waals surface area (Å²) in [4.78, 5) is 0. The molecule has 0 aliphatic carbocycles. The molecule has 0 amide bonds. The van der Waals surface area contributed by atoms with E-state index in [0.717, 1.165) is 5.56 Å². The van der Waals surface area contributed by atoms with E-state index in [4.69, 9.17) is 5.73 Å². The summed E-state index contributed by atoms with van der Waals surface area (Å²) in [6, 6.07) is 8.29. The van der Waals surface area contributed by atoms with Crippen LogP contribution in [0, 0.1) is 12.8 Å². The van der Waals surface area contributed by atoms with Crippen molar-refractivity contribution in [3.05, 3.63) is 102 Å². The molecule has 0 bridgehead atoms. The lowest BCUT2D eigenvalue weighted by atomic mass is 10.1. The molecule has 2 N–H and O–H groups in total. The summed E-state index contributed by atoms with van der Waals surface area (Å²) in [5.41, 5.74) is 9.12. The van der Waals surface area contributed by atoms with Gasteiger partial charge in [-0.1, -0.05) is 91.6 Å². The summed E-state index contributed by atoms with van der Waals surface area (Å²) in [6.45, 7) is 10.2. The van der Waals surface area contributed by atoms with Crippen LogP contribution >= 0.6 is 0 Å². The number of nitrogens with two attached hydrogens (primary N) is 1. The van der Waals surface area contributed by atoms with Gasteiger partial charge in [0.1, 0.15) is 0 Å². The van der Waals surface area contributed by atoms with Gasteiger partial charge in [-0.15, -0.1) is 12.8 Å². The minimum atomic E-state index is 0.600. The van der Waals surface area contributed by atoms with Crippen LogP contribution in [0.4, 0.5) is 0 Å². The highest BCUT2D eigenvalue weighted by molar-refractivity contribution is 5.54. The fraction of sp³-hybridized carbons (Fsp3) is 0.167. The molecule has 0 saturated heterocycles. The van der Waals surface area contributed by atoms with Gasteiger partial charge in [-0.25, -0.2) is 0 Å². The monoisotopic (exact) mass is 333 g/mol. The van der Waals surface area contributed by atoms with Gasteiger partial charge in [-0.2, -0.15) is 0 Å². The van der Waals surface area contributed by atoms with Crippen molar-refractivity contribution < 1.29 is 0 Å². The first kappa shape index (κ1) is 24.4. The van der Waals surface area contributed by atoms with Crippen LogP contribution in [-0.2, 0) is 6.54 Å². The zero-order valence-corrected chi connectivity index (χ0v) is 15.7. The molecule has 1 aromatic carbocycles. The second-order valence-electron chi connectivity index (χ2n) is 4.71. The molecule has 0 fully saturated rings. The lowest BCUT2D eigenvalue weighted by Crippen LogP contribution is -1.94. The molecule has 0 heterocycles. The number of hydrogen-bond donors (Lipinski definition) is 1. The van der Waals surface area contributed by atoms with Crippen molar-refractivity contribution in [3.8, 4) is 12.8 Å². The summed E-state index contributed by atoms with van der Waals surface area (Å²) in [6.07, 6.45) is 27.9. The second-order valence-corrected chi connectivity index (χ2v) is 4.71. The Bertz CT molecular complexity index is 605. The highest BCUT2D eigenvalue weighted by atomic mass is 14.5. The van der Waals surface area contributed by atoms with Crippen molar-refractivity contribution in [3.63, 3.8) is 0 Å². The van der Waals surface area contributed by atoms with E-state index in [1.54, 1.807) is 6.08 Å². The van der Waals surface area contributed by atoms with Crippen LogP contribution in [0.5, 0.6) is 0 Å². The van der Waals surface area contributed by atoms with E-state index < -0.39 is 0 Å². The fourth-order valence-corrected chi connectivity index (χ4v) is 1.65. The summed E-state index contributed by atoms with van der Waals surface area (Å²) in [7, 11) is 0. The third kappa shape index (κ3) is 14.5. The van der Waals surface area contributed by atoms with E-state index in [0.29, 0.717) is 6.54 Å². The molecule has 0 atom stereocenters. The quantitative estimate of drug-likeness (QED) is 0.484. The Hall–Kier alpha value is -2.82. The lowest BCUT2D eigenvalue weighted by molar-refractivity contribution is 1.07. The summed E-state index contributed by atoms with van der Waals surface area (Å²) >= 11 is 0. The first-order chi connectivity index (χ1) is 12.2. The molecular weight excluding hydrogens is 302 g/mol. The van der Waals surface area contributed by atoms with Gasteiger partial charge in [0.25, 0.3) is 0 Å². The van der Waals surface area contributed by atoms with E-state index in [1.165, 1.54) is 11.1 Å². The minimum absolute atomic E-state index is 0.600. The first-order valence-electron chi connectivity index (χ1n) is 8.21. The Kier molecular flexibility index (Phi) is 18.8. The van der Waals surface area contributed by atoms with Crippen LogP contribution in [0.2, 0.25) is 0 Å². The number of terminal acetylenes is 1. The molecule has 0 unspecified atom stereocenters. The zero-order valence-electron chi connectivity index (χ0n) is 15.7. The first-order valence-corrected chi connectivity index (χ1v) is 8.21. The minimum Gasteiger partial charge on any atom is -0.326 e. The molecule has 1 aromatic rings. The van der Waals surface area contributed by atoms with Crippen molar-refractivity contribution in [2.24, 2.45) is 5.73 Å². The maximum atomic E-state index is 5.55. The van der Waals surface area contributed by atoms with Gasteiger partial charge >= 0.3 is 0 Å². The largest absolute Gasteiger partial charge is 0.326 e. The van der Waals surface area contributed by atoms with Crippen LogP contribution in [0.25, 0.3) is 6.08 Å². The summed E-state index contributed by atoms with van der Waals surface area (Å²) in [5, 5.41) is 0. The van der Waals surface area contributed by atoms with Gasteiger partial charge in [-0.05, 0) is 37.5 Å². The van der Waals surface area contributed by atoms with Crippen molar-refractivity contribution in [1.29, 1.82) is 0 Å². The molecule has 25 heavy (non-hydrogen) atoms. The summed E-state index contributed by atoms with van der Waals surface area (Å²) < 4.78 is 0. The third-order valence-corrected chi connectivity index (χ3v) is 2.93. The van der Waals surface area contributed by atoms with Crippen LogP contribution in [0.15, 0.2) is 91.1 Å². The Morgan fingerprint density at radius 1 is 0.960 bits per heavy atom. The Morgan fingerprint density at radius 2 is 1.60 bits per heavy atom. The fourth-order valence-electron chi connectivity index (χ4n) is 1.65. The topological polar surface area (TPSA) is 26.0 Å². The molecule has 0 radical (unpaired) electrons. The van der Waals surface area contributed by atoms with Crippen LogP contribution in [-0.4, -0.2) is 0 Å². The van der Waals surface area contributed by atoms with Crippen molar-refractivity contribution in [2.75, 3.05) is 0 Å². The van der Waals surface area contributed by atoms with Gasteiger partial charge in [0, 0.05) is 6.54 Å². The molecule has 0 aliphatic rings. The van der Waals surface area contributed by atoms with Gasteiger partial charge < -0.3 is 5.73 Å². The van der Waals surface area contributed by atoms with Gasteiger partial charge in [-0.3, -0.25) is 0 Å². The van der Waals surface area contributed by atoms with Gasteiger partial charge in [0.15, 0.2) is 0 Å². The lowest BCUT2D eigenvalue weighted by Gasteiger charge is -1.97. The number of allylic oxidation sites excluding steroid dienone is 10. The average Bonchev–Trinajstić information content (AvgIpc) is 2.68. The molecule has 1 rings (SSSR count). The SMILES string of the molecule is C#C.C=C/C=C/C=C\C.C\C=C/C(/C=C\c1ccc(CN)cc1)=C\C. The second kappa shape index (κ2) is 19.2.